The van der Waals surface area contributed by atoms with Gasteiger partial charge in [-0.15, -0.1) is 0 Å². The van der Waals surface area contributed by atoms with E-state index >= 15 is 0 Å². The van der Waals surface area contributed by atoms with Gasteiger partial charge in [0.1, 0.15) is 13.2 Å². The van der Waals surface area contributed by atoms with Crippen molar-refractivity contribution in [3.8, 4) is 11.5 Å². The summed E-state index contributed by atoms with van der Waals surface area (Å²) in [4.78, 5) is 13.4. The van der Waals surface area contributed by atoms with Gasteiger partial charge < -0.3 is 29.5 Å². The molecule has 0 bridgehead atoms. The summed E-state index contributed by atoms with van der Waals surface area (Å²) in [5.41, 5.74) is 1.07. The highest BCUT2D eigenvalue weighted by atomic mass is 16.6. The second-order valence-electron chi connectivity index (χ2n) is 5.45. The second-order valence-corrected chi connectivity index (χ2v) is 5.45. The molecule has 2 rings (SSSR count). The van der Waals surface area contributed by atoms with E-state index in [1.54, 1.807) is 7.05 Å². The molecule has 1 aromatic rings. The van der Waals surface area contributed by atoms with E-state index in [0.29, 0.717) is 26.2 Å². The number of carbonyl (C=O) groups excluding carboxylic acids is 1. The third kappa shape index (κ3) is 5.30. The first-order chi connectivity index (χ1) is 11.1. The lowest BCUT2D eigenvalue weighted by atomic mass is 10.1. The second kappa shape index (κ2) is 8.59. The zero-order valence-electron chi connectivity index (χ0n) is 13.6. The van der Waals surface area contributed by atoms with Crippen molar-refractivity contribution < 1.29 is 24.1 Å². The van der Waals surface area contributed by atoms with E-state index in [9.17, 15) is 9.90 Å². The fraction of sp³-hybridized carbons (Fsp3) is 0.562. The van der Waals surface area contributed by atoms with Crippen LogP contribution in [-0.4, -0.2) is 69.2 Å². The number of carbonyl (C=O) groups is 1. The summed E-state index contributed by atoms with van der Waals surface area (Å²) in [5, 5.41) is 12.4. The van der Waals surface area contributed by atoms with Gasteiger partial charge in [0.15, 0.2) is 11.5 Å². The Bertz CT molecular complexity index is 523. The van der Waals surface area contributed by atoms with Crippen LogP contribution < -0.4 is 14.8 Å². The van der Waals surface area contributed by atoms with Crippen molar-refractivity contribution in [3.63, 3.8) is 0 Å². The van der Waals surface area contributed by atoms with Crippen LogP contribution in [0.2, 0.25) is 0 Å². The average molecular weight is 324 g/mol. The topological polar surface area (TPSA) is 80.3 Å². The van der Waals surface area contributed by atoms with Gasteiger partial charge in [0.05, 0.1) is 19.3 Å². The number of aliphatic hydroxyl groups excluding tert-OH is 1. The minimum atomic E-state index is -0.687. The van der Waals surface area contributed by atoms with Crippen molar-refractivity contribution in [1.82, 2.24) is 10.2 Å². The molecule has 2 amide bonds. The van der Waals surface area contributed by atoms with Crippen molar-refractivity contribution >= 4 is 6.03 Å². The minimum absolute atomic E-state index is 0.203. The Hall–Kier alpha value is -1.99. The molecule has 1 heterocycles. The van der Waals surface area contributed by atoms with Crippen LogP contribution in [0.15, 0.2) is 18.2 Å². The zero-order valence-corrected chi connectivity index (χ0v) is 13.6. The molecule has 128 valence electrons. The molecule has 1 atom stereocenters. The van der Waals surface area contributed by atoms with Crippen LogP contribution in [-0.2, 0) is 11.2 Å². The molecule has 0 radical (unpaired) electrons. The van der Waals surface area contributed by atoms with Crippen LogP contribution in [0.5, 0.6) is 11.5 Å². The molecule has 23 heavy (non-hydrogen) atoms. The predicted molar refractivity (Wildman–Crippen MR) is 85.0 cm³/mol. The summed E-state index contributed by atoms with van der Waals surface area (Å²) in [6, 6.07) is 5.56. The van der Waals surface area contributed by atoms with Gasteiger partial charge in [-0.2, -0.15) is 0 Å². The third-order valence-corrected chi connectivity index (χ3v) is 3.49. The van der Waals surface area contributed by atoms with Gasteiger partial charge in [0.25, 0.3) is 0 Å². The van der Waals surface area contributed by atoms with Gasteiger partial charge in [0.2, 0.25) is 0 Å². The summed E-state index contributed by atoms with van der Waals surface area (Å²) in [7, 11) is 3.15. The zero-order chi connectivity index (χ0) is 16.7. The minimum Gasteiger partial charge on any atom is -0.486 e. The first kappa shape index (κ1) is 17.4. The Balaban J connectivity index is 1.75. The number of hydrogen-bond donors (Lipinski definition) is 2. The Kier molecular flexibility index (Phi) is 6.49. The summed E-state index contributed by atoms with van der Waals surface area (Å²) in [6.45, 7) is 2.06. The number of ether oxygens (including phenoxy) is 3. The van der Waals surface area contributed by atoms with E-state index in [4.69, 9.17) is 14.2 Å². The van der Waals surface area contributed by atoms with Crippen molar-refractivity contribution in [1.29, 1.82) is 0 Å². The van der Waals surface area contributed by atoms with Crippen molar-refractivity contribution in [2.75, 3.05) is 47.1 Å². The number of rotatable bonds is 7. The molecule has 1 aromatic carbocycles. The number of urea groups is 1. The number of likely N-dealkylation sites (N-methyl/N-ethyl adjacent to an activating group) is 1. The molecule has 7 heteroatoms. The van der Waals surface area contributed by atoms with Gasteiger partial charge in [-0.1, -0.05) is 6.07 Å². The first-order valence-corrected chi connectivity index (χ1v) is 7.64. The van der Waals surface area contributed by atoms with E-state index in [1.807, 2.05) is 18.2 Å². The summed E-state index contributed by atoms with van der Waals surface area (Å²) in [6.07, 6.45) is 0.00478. The van der Waals surface area contributed by atoms with Crippen LogP contribution in [0, 0.1) is 0 Å². The van der Waals surface area contributed by atoms with E-state index < -0.39 is 6.10 Å². The maximum atomic E-state index is 11.9. The quantitative estimate of drug-likeness (QED) is 0.770. The fourth-order valence-corrected chi connectivity index (χ4v) is 2.34. The molecule has 0 spiro atoms. The number of nitrogens with one attached hydrogen (secondary N) is 1. The van der Waals surface area contributed by atoms with Crippen molar-refractivity contribution in [2.24, 2.45) is 0 Å². The molecule has 1 aliphatic rings. The molecule has 0 aromatic heterocycles. The van der Waals surface area contributed by atoms with Crippen molar-refractivity contribution in [3.05, 3.63) is 23.8 Å². The Morgan fingerprint density at radius 2 is 2.13 bits per heavy atom. The molecule has 0 aliphatic carbocycles. The molecular weight excluding hydrogens is 300 g/mol. The van der Waals surface area contributed by atoms with Gasteiger partial charge in [-0.3, -0.25) is 0 Å². The largest absolute Gasteiger partial charge is 0.486 e. The molecule has 0 saturated heterocycles. The Labute approximate surface area is 136 Å². The van der Waals surface area contributed by atoms with Crippen LogP contribution in [0.3, 0.4) is 0 Å². The lowest BCUT2D eigenvalue weighted by molar-refractivity contribution is 0.0490. The number of amides is 2. The number of hydrogen-bond acceptors (Lipinski definition) is 5. The highest BCUT2D eigenvalue weighted by Gasteiger charge is 2.14. The van der Waals surface area contributed by atoms with Crippen LogP contribution in [0.1, 0.15) is 5.56 Å². The van der Waals surface area contributed by atoms with Crippen molar-refractivity contribution in [2.45, 2.75) is 12.5 Å². The highest BCUT2D eigenvalue weighted by molar-refractivity contribution is 5.73. The lowest BCUT2D eigenvalue weighted by Gasteiger charge is -2.21. The molecular formula is C16H24N2O5. The number of aliphatic hydroxyl groups is 1. The van der Waals surface area contributed by atoms with Crippen LogP contribution in [0.4, 0.5) is 4.79 Å². The van der Waals surface area contributed by atoms with E-state index in [1.165, 1.54) is 12.0 Å². The number of methoxy groups -OCH3 is 1. The molecule has 0 unspecified atom stereocenters. The van der Waals surface area contributed by atoms with E-state index in [0.717, 1.165) is 17.1 Å². The normalized spacial score (nSPS) is 14.2. The number of fused-ring (bicyclic) bond motifs is 1. The Morgan fingerprint density at radius 3 is 2.87 bits per heavy atom. The van der Waals surface area contributed by atoms with E-state index in [2.05, 4.69) is 5.32 Å². The molecule has 2 N–H and O–H groups in total. The molecule has 0 fully saturated rings. The summed E-state index contributed by atoms with van der Waals surface area (Å²) >= 11 is 0. The first-order valence-electron chi connectivity index (χ1n) is 7.64. The van der Waals surface area contributed by atoms with Crippen LogP contribution >= 0.6 is 0 Å². The summed E-state index contributed by atoms with van der Waals surface area (Å²) in [5.74, 6) is 1.51. The lowest BCUT2D eigenvalue weighted by Crippen LogP contribution is -2.42. The monoisotopic (exact) mass is 324 g/mol. The Morgan fingerprint density at radius 1 is 1.39 bits per heavy atom. The number of benzene rings is 1. The maximum Gasteiger partial charge on any atom is 0.317 e. The van der Waals surface area contributed by atoms with Gasteiger partial charge in [-0.25, -0.2) is 4.79 Å². The standard InChI is InChI=1S/C16H24N2O5/c1-18(10-13(19)11-21-2)16(20)17-6-5-12-3-4-14-15(9-12)23-8-7-22-14/h3-4,9,13,19H,5-8,10-11H2,1-2H3,(H,17,20)/t13-/m0/s1. The number of nitrogens with zero attached hydrogens (tertiary/aromatic N) is 1. The van der Waals surface area contributed by atoms with Gasteiger partial charge >= 0.3 is 6.03 Å². The summed E-state index contributed by atoms with van der Waals surface area (Å²) < 4.78 is 15.8. The average Bonchev–Trinajstić information content (AvgIpc) is 2.54. The fourth-order valence-electron chi connectivity index (χ4n) is 2.34. The maximum absolute atomic E-state index is 11.9. The SMILES string of the molecule is COC[C@@H](O)CN(C)C(=O)NCCc1ccc2c(c1)OCCO2. The highest BCUT2D eigenvalue weighted by Crippen LogP contribution is 2.30. The van der Waals surface area contributed by atoms with Gasteiger partial charge in [-0.05, 0) is 24.1 Å². The smallest absolute Gasteiger partial charge is 0.317 e. The molecule has 0 saturated carbocycles. The predicted octanol–water partition coefficient (Wildman–Crippen LogP) is 0.649. The van der Waals surface area contributed by atoms with Crippen LogP contribution in [0.25, 0.3) is 0 Å². The molecule has 1 aliphatic heterocycles. The third-order valence-electron chi connectivity index (χ3n) is 3.49. The molecule has 7 nitrogen and oxygen atoms in total. The van der Waals surface area contributed by atoms with E-state index in [-0.39, 0.29) is 19.2 Å². The van der Waals surface area contributed by atoms with Gasteiger partial charge in [0, 0.05) is 20.7 Å².